The number of amides is 3. The Bertz CT molecular complexity index is 1790. The van der Waals surface area contributed by atoms with Crippen LogP contribution in [0.1, 0.15) is 28.4 Å². The first-order valence-corrected chi connectivity index (χ1v) is 13.8. The topological polar surface area (TPSA) is 131 Å². The summed E-state index contributed by atoms with van der Waals surface area (Å²) in [5, 5.41) is 8.42. The van der Waals surface area contributed by atoms with Crippen LogP contribution in [0.5, 0.6) is 5.75 Å². The number of hydrogen-bond donors (Lipinski definition) is 1. The van der Waals surface area contributed by atoms with Crippen molar-refractivity contribution in [2.24, 2.45) is 10.1 Å². The zero-order valence-electron chi connectivity index (χ0n) is 23.1. The number of carbonyl (C=O) groups excluding carboxylic acids is 3. The van der Waals surface area contributed by atoms with Gasteiger partial charge < -0.3 is 4.74 Å². The summed E-state index contributed by atoms with van der Waals surface area (Å²) in [6, 6.07) is 16.4. The Balaban J connectivity index is 1.22. The summed E-state index contributed by atoms with van der Waals surface area (Å²) in [6.07, 6.45) is -1.95. The van der Waals surface area contributed by atoms with Gasteiger partial charge in [-0.2, -0.15) is 10.1 Å². The van der Waals surface area contributed by atoms with Crippen molar-refractivity contribution in [1.82, 2.24) is 20.2 Å². The molecule has 0 bridgehead atoms. The lowest BCUT2D eigenvalue weighted by molar-refractivity contribution is -0.274. The molecule has 0 aliphatic carbocycles. The van der Waals surface area contributed by atoms with Crippen molar-refractivity contribution in [3.8, 4) is 22.8 Å². The number of hydrazone groups is 1. The lowest BCUT2D eigenvalue weighted by Gasteiger charge is -2.19. The average Bonchev–Trinajstić information content (AvgIpc) is 3.60. The van der Waals surface area contributed by atoms with Crippen molar-refractivity contribution in [2.45, 2.75) is 20.2 Å². The van der Waals surface area contributed by atoms with Gasteiger partial charge in [-0.3, -0.25) is 14.5 Å². The number of hydrogen-bond acceptors (Lipinski definition) is 8. The van der Waals surface area contributed by atoms with Crippen LogP contribution in [-0.2, 0) is 4.79 Å². The van der Waals surface area contributed by atoms with Gasteiger partial charge in [-0.15, -0.1) is 18.3 Å². The summed E-state index contributed by atoms with van der Waals surface area (Å²) < 4.78 is 42.4. The Morgan fingerprint density at radius 3 is 2.48 bits per heavy atom. The molecule has 1 aliphatic heterocycles. The van der Waals surface area contributed by atoms with Crippen LogP contribution in [0.15, 0.2) is 83.2 Å². The van der Waals surface area contributed by atoms with Gasteiger partial charge in [0.2, 0.25) is 5.91 Å². The zero-order chi connectivity index (χ0) is 31.4. The highest BCUT2D eigenvalue weighted by atomic mass is 32.2. The molecule has 3 amide bonds. The van der Waals surface area contributed by atoms with Crippen molar-refractivity contribution >= 4 is 46.6 Å². The summed E-state index contributed by atoms with van der Waals surface area (Å²) in [5.74, 6) is -0.415. The molecular weight excluding hydrogens is 599 g/mol. The van der Waals surface area contributed by atoms with E-state index < -0.39 is 12.4 Å². The Kier molecular flexibility index (Phi) is 8.57. The number of ketones is 1. The minimum Gasteiger partial charge on any atom is -0.406 e. The number of urea groups is 1. The van der Waals surface area contributed by atoms with E-state index in [4.69, 9.17) is 0 Å². The number of thioether (sulfide) groups is 1. The number of amidine groups is 1. The van der Waals surface area contributed by atoms with Crippen LogP contribution in [0.25, 0.3) is 17.1 Å². The van der Waals surface area contributed by atoms with E-state index in [0.29, 0.717) is 33.9 Å². The molecule has 1 aliphatic rings. The first-order chi connectivity index (χ1) is 21.0. The highest BCUT2D eigenvalue weighted by Gasteiger charge is 2.33. The number of Topliss-reactive ketones (excluding diaryl/α,β-unsaturated/α-hetero) is 1. The molecule has 0 radical (unpaired) electrons. The highest BCUT2D eigenvalue weighted by Crippen LogP contribution is 2.31. The van der Waals surface area contributed by atoms with Crippen LogP contribution in [0.3, 0.4) is 0 Å². The summed E-state index contributed by atoms with van der Waals surface area (Å²) in [7, 11) is 0. The van der Waals surface area contributed by atoms with Gasteiger partial charge in [0, 0.05) is 11.1 Å². The van der Waals surface area contributed by atoms with Gasteiger partial charge >= 0.3 is 12.4 Å². The number of halogens is 3. The van der Waals surface area contributed by atoms with E-state index in [1.807, 2.05) is 6.92 Å². The molecule has 1 aromatic heterocycles. The standard InChI is InChI=1S/C29H22F3N7O4S/c1-17-3-12-23(18(2)40)24(13-17)39-25(41)15-44-28(39)35-27(42)36-34-14-19-4-6-20(7-5-19)26-33-16-38(37-26)21-8-10-22(11-9-21)43-29(30,31)32/h3-14,16H,15H2,1-2H3,(H,36,42)/b34-14+,35-28-. The maximum absolute atomic E-state index is 12.6. The molecule has 15 heteroatoms. The number of alkyl halides is 3. The number of anilines is 1. The minimum atomic E-state index is -4.78. The maximum Gasteiger partial charge on any atom is 0.573 e. The highest BCUT2D eigenvalue weighted by molar-refractivity contribution is 8.15. The first-order valence-electron chi connectivity index (χ1n) is 12.8. The third-order valence-corrected chi connectivity index (χ3v) is 7.03. The molecule has 0 saturated carbocycles. The molecule has 11 nitrogen and oxygen atoms in total. The van der Waals surface area contributed by atoms with Gasteiger partial charge in [-0.05, 0) is 61.4 Å². The predicted molar refractivity (Wildman–Crippen MR) is 158 cm³/mol. The van der Waals surface area contributed by atoms with Crippen LogP contribution in [0.2, 0.25) is 0 Å². The van der Waals surface area contributed by atoms with E-state index >= 15 is 0 Å². The first kappa shape index (κ1) is 30.2. The Morgan fingerprint density at radius 2 is 1.80 bits per heavy atom. The third kappa shape index (κ3) is 7.18. The molecule has 1 saturated heterocycles. The van der Waals surface area contributed by atoms with Crippen LogP contribution in [0.4, 0.5) is 23.7 Å². The minimum absolute atomic E-state index is 0.0727. The SMILES string of the molecule is CC(=O)c1ccc(C)cc1N1C(=O)CS/C1=N\C(=O)N/N=C/c1ccc(-c2ncn(-c3ccc(OC(F)(F)F)cc3)n2)cc1. The average molecular weight is 622 g/mol. The summed E-state index contributed by atoms with van der Waals surface area (Å²) in [4.78, 5) is 46.7. The van der Waals surface area contributed by atoms with Gasteiger partial charge in [0.15, 0.2) is 16.8 Å². The van der Waals surface area contributed by atoms with Crippen LogP contribution >= 0.6 is 11.8 Å². The fourth-order valence-corrected chi connectivity index (χ4v) is 4.98. The zero-order valence-corrected chi connectivity index (χ0v) is 23.9. The molecule has 3 aromatic carbocycles. The second-order valence-corrected chi connectivity index (χ2v) is 10.3. The lowest BCUT2D eigenvalue weighted by atomic mass is 10.1. The molecular formula is C29H22F3N7O4S. The molecule has 1 fully saturated rings. The van der Waals surface area contributed by atoms with E-state index in [2.05, 4.69) is 30.3 Å². The number of carbonyl (C=O) groups is 3. The summed E-state index contributed by atoms with van der Waals surface area (Å²) in [5.41, 5.74) is 5.65. The van der Waals surface area contributed by atoms with Crippen LogP contribution in [0, 0.1) is 6.92 Å². The molecule has 2 heterocycles. The van der Waals surface area contributed by atoms with Crippen molar-refractivity contribution < 1.29 is 32.3 Å². The fraction of sp³-hybridized carbons (Fsp3) is 0.138. The maximum atomic E-state index is 12.6. The quantitative estimate of drug-likeness (QED) is 0.163. The Labute approximate surface area is 252 Å². The van der Waals surface area contributed by atoms with Crippen molar-refractivity contribution in [3.05, 3.63) is 89.7 Å². The number of ether oxygens (including phenoxy) is 1. The molecule has 224 valence electrons. The van der Waals surface area contributed by atoms with E-state index in [0.717, 1.165) is 17.3 Å². The van der Waals surface area contributed by atoms with E-state index in [-0.39, 0.29) is 28.4 Å². The van der Waals surface area contributed by atoms with E-state index in [9.17, 15) is 27.6 Å². The number of nitrogens with zero attached hydrogens (tertiary/aromatic N) is 6. The third-order valence-electron chi connectivity index (χ3n) is 6.11. The second-order valence-electron chi connectivity index (χ2n) is 9.34. The Morgan fingerprint density at radius 1 is 1.07 bits per heavy atom. The number of aliphatic imine (C=N–C) groups is 1. The van der Waals surface area contributed by atoms with Crippen molar-refractivity contribution in [2.75, 3.05) is 10.7 Å². The number of benzene rings is 3. The van der Waals surface area contributed by atoms with E-state index in [1.165, 1.54) is 53.3 Å². The van der Waals surface area contributed by atoms with Crippen molar-refractivity contribution in [3.63, 3.8) is 0 Å². The number of nitrogens with one attached hydrogen (secondary N) is 1. The fourth-order valence-electron chi connectivity index (χ4n) is 4.12. The number of aromatic nitrogens is 3. The smallest absolute Gasteiger partial charge is 0.406 e. The second kappa shape index (κ2) is 12.5. The van der Waals surface area contributed by atoms with Crippen LogP contribution in [-0.4, -0.2) is 56.0 Å². The van der Waals surface area contributed by atoms with Gasteiger partial charge in [0.25, 0.3) is 0 Å². The van der Waals surface area contributed by atoms with Gasteiger partial charge in [-0.25, -0.2) is 19.9 Å². The monoisotopic (exact) mass is 621 g/mol. The molecule has 0 spiro atoms. The van der Waals surface area contributed by atoms with Crippen molar-refractivity contribution in [1.29, 1.82) is 0 Å². The molecule has 44 heavy (non-hydrogen) atoms. The Hall–Kier alpha value is -5.31. The molecule has 0 atom stereocenters. The summed E-state index contributed by atoms with van der Waals surface area (Å²) in [6.45, 7) is 3.23. The van der Waals surface area contributed by atoms with Gasteiger partial charge in [0.1, 0.15) is 12.1 Å². The molecule has 5 rings (SSSR count). The molecule has 1 N–H and O–H groups in total. The van der Waals surface area contributed by atoms with E-state index in [1.54, 1.807) is 42.5 Å². The number of aryl methyl sites for hydroxylation is 1. The van der Waals surface area contributed by atoms with Gasteiger partial charge in [0.05, 0.1) is 23.3 Å². The molecule has 4 aromatic rings. The number of rotatable bonds is 7. The predicted octanol–water partition coefficient (Wildman–Crippen LogP) is 5.52. The molecule has 0 unspecified atom stereocenters. The largest absolute Gasteiger partial charge is 0.573 e. The summed E-state index contributed by atoms with van der Waals surface area (Å²) >= 11 is 1.08. The van der Waals surface area contributed by atoms with Gasteiger partial charge in [-0.1, -0.05) is 42.1 Å². The lowest BCUT2D eigenvalue weighted by Crippen LogP contribution is -2.32. The van der Waals surface area contributed by atoms with Crippen LogP contribution < -0.4 is 15.1 Å². The normalized spacial score (nSPS) is 14.4.